The highest BCUT2D eigenvalue weighted by atomic mass is 32.1. The molecule has 0 aliphatic carbocycles. The minimum atomic E-state index is -0.716. The SMILES string of the molecule is CCOc1ccc([C@@H]2C(C(=O)OC(C)C)=C(C)N=c3s/c(=C/c4c(-c5ccccc5)[nH]c5ccc(OC)cc45)c(=O)n32)cc1. The monoisotopic (exact) mass is 607 g/mol. The van der Waals surface area contributed by atoms with Crippen LogP contribution in [0.4, 0.5) is 0 Å². The number of nitrogens with zero attached hydrogens (tertiary/aromatic N) is 2. The predicted octanol–water partition coefficient (Wildman–Crippen LogP) is 5.74. The first kappa shape index (κ1) is 29.2. The molecule has 1 atom stereocenters. The van der Waals surface area contributed by atoms with E-state index in [1.54, 1.807) is 32.4 Å². The number of methoxy groups -OCH3 is 1. The van der Waals surface area contributed by atoms with Gasteiger partial charge in [0.15, 0.2) is 4.80 Å². The maximum atomic E-state index is 14.3. The fourth-order valence-corrected chi connectivity index (χ4v) is 6.55. The third-order valence-electron chi connectivity index (χ3n) is 7.47. The lowest BCUT2D eigenvalue weighted by Gasteiger charge is -2.25. The Bertz CT molecular complexity index is 2070. The molecule has 3 heterocycles. The lowest BCUT2D eigenvalue weighted by molar-refractivity contribution is -0.143. The maximum absolute atomic E-state index is 14.3. The quantitative estimate of drug-likeness (QED) is 0.227. The second-order valence-electron chi connectivity index (χ2n) is 10.7. The molecular weight excluding hydrogens is 574 g/mol. The van der Waals surface area contributed by atoms with Gasteiger partial charge < -0.3 is 19.2 Å². The predicted molar refractivity (Wildman–Crippen MR) is 173 cm³/mol. The van der Waals surface area contributed by atoms with Crippen LogP contribution in [0.1, 0.15) is 44.9 Å². The molecule has 5 aromatic rings. The van der Waals surface area contributed by atoms with Gasteiger partial charge in [-0.25, -0.2) is 9.79 Å². The van der Waals surface area contributed by atoms with Crippen molar-refractivity contribution in [3.05, 3.63) is 115 Å². The van der Waals surface area contributed by atoms with Gasteiger partial charge in [-0.3, -0.25) is 9.36 Å². The summed E-state index contributed by atoms with van der Waals surface area (Å²) in [4.78, 5) is 36.6. The first-order chi connectivity index (χ1) is 21.3. The molecule has 44 heavy (non-hydrogen) atoms. The van der Waals surface area contributed by atoms with Crippen LogP contribution in [-0.2, 0) is 9.53 Å². The summed E-state index contributed by atoms with van der Waals surface area (Å²) in [7, 11) is 1.63. The number of carbonyl (C=O) groups excluding carboxylic acids is 1. The summed E-state index contributed by atoms with van der Waals surface area (Å²) < 4.78 is 18.9. The van der Waals surface area contributed by atoms with Crippen LogP contribution in [0.15, 0.2) is 93.9 Å². The summed E-state index contributed by atoms with van der Waals surface area (Å²) >= 11 is 1.30. The van der Waals surface area contributed by atoms with Crippen LogP contribution in [0.5, 0.6) is 11.5 Å². The van der Waals surface area contributed by atoms with Crippen LogP contribution in [0.2, 0.25) is 0 Å². The number of hydrogen-bond acceptors (Lipinski definition) is 7. The number of fused-ring (bicyclic) bond motifs is 2. The molecule has 0 fully saturated rings. The van der Waals surface area contributed by atoms with Gasteiger partial charge in [0.25, 0.3) is 5.56 Å². The van der Waals surface area contributed by atoms with Gasteiger partial charge in [-0.15, -0.1) is 0 Å². The third kappa shape index (κ3) is 5.35. The molecule has 0 saturated heterocycles. The number of thiazole rings is 1. The van der Waals surface area contributed by atoms with Gasteiger partial charge in [0.2, 0.25) is 0 Å². The van der Waals surface area contributed by atoms with E-state index in [1.807, 2.05) is 85.8 Å². The van der Waals surface area contributed by atoms with Crippen LogP contribution in [0.25, 0.3) is 28.2 Å². The van der Waals surface area contributed by atoms with Gasteiger partial charge in [0.05, 0.1) is 47.4 Å². The fourth-order valence-electron chi connectivity index (χ4n) is 5.52. The van der Waals surface area contributed by atoms with Crippen molar-refractivity contribution >= 4 is 34.3 Å². The molecule has 0 amide bonds. The number of ether oxygens (including phenoxy) is 3. The highest BCUT2D eigenvalue weighted by Gasteiger charge is 2.34. The average Bonchev–Trinajstić information content (AvgIpc) is 3.53. The number of carbonyl (C=O) groups is 1. The van der Waals surface area contributed by atoms with Crippen molar-refractivity contribution in [2.45, 2.75) is 39.8 Å². The number of rotatable bonds is 8. The Morgan fingerprint density at radius 2 is 1.80 bits per heavy atom. The number of benzene rings is 3. The number of aromatic nitrogens is 2. The van der Waals surface area contributed by atoms with E-state index >= 15 is 0 Å². The molecule has 0 bridgehead atoms. The van der Waals surface area contributed by atoms with Gasteiger partial charge in [0.1, 0.15) is 11.5 Å². The second-order valence-corrected chi connectivity index (χ2v) is 11.7. The molecule has 3 aromatic carbocycles. The zero-order chi connectivity index (χ0) is 31.0. The normalized spacial score (nSPS) is 15.0. The number of allylic oxidation sites excluding steroid dienone is 1. The zero-order valence-electron chi connectivity index (χ0n) is 25.2. The summed E-state index contributed by atoms with van der Waals surface area (Å²) in [6, 6.07) is 22.6. The fraction of sp³-hybridized carbons (Fsp3) is 0.229. The maximum Gasteiger partial charge on any atom is 0.338 e. The van der Waals surface area contributed by atoms with Gasteiger partial charge in [-0.2, -0.15) is 0 Å². The minimum Gasteiger partial charge on any atom is -0.497 e. The number of hydrogen-bond donors (Lipinski definition) is 1. The molecule has 9 heteroatoms. The van der Waals surface area contributed by atoms with Gasteiger partial charge >= 0.3 is 5.97 Å². The van der Waals surface area contributed by atoms with Crippen molar-refractivity contribution < 1.29 is 19.0 Å². The molecule has 0 spiro atoms. The molecule has 0 saturated carbocycles. The van der Waals surface area contributed by atoms with Crippen LogP contribution in [0, 0.1) is 0 Å². The molecule has 1 aliphatic heterocycles. The van der Waals surface area contributed by atoms with Crippen molar-refractivity contribution in [2.24, 2.45) is 4.99 Å². The first-order valence-corrected chi connectivity index (χ1v) is 15.3. The van der Waals surface area contributed by atoms with Crippen molar-refractivity contribution in [3.8, 4) is 22.8 Å². The summed E-state index contributed by atoms with van der Waals surface area (Å²) in [6.07, 6.45) is 1.58. The summed E-state index contributed by atoms with van der Waals surface area (Å²) in [5.41, 5.74) is 5.03. The molecule has 8 nitrogen and oxygen atoms in total. The van der Waals surface area contributed by atoms with E-state index < -0.39 is 12.0 Å². The average molecular weight is 608 g/mol. The molecule has 0 unspecified atom stereocenters. The lowest BCUT2D eigenvalue weighted by atomic mass is 9.96. The summed E-state index contributed by atoms with van der Waals surface area (Å²) in [5.74, 6) is 0.926. The minimum absolute atomic E-state index is 0.244. The Labute approximate surface area is 258 Å². The Balaban J connectivity index is 1.59. The van der Waals surface area contributed by atoms with Crippen LogP contribution < -0.4 is 24.4 Å². The molecule has 2 aromatic heterocycles. The Kier molecular flexibility index (Phi) is 7.97. The largest absolute Gasteiger partial charge is 0.497 e. The Morgan fingerprint density at radius 1 is 1.07 bits per heavy atom. The smallest absolute Gasteiger partial charge is 0.338 e. The van der Waals surface area contributed by atoms with E-state index in [-0.39, 0.29) is 11.7 Å². The van der Waals surface area contributed by atoms with Crippen LogP contribution in [0.3, 0.4) is 0 Å². The van der Waals surface area contributed by atoms with Crippen molar-refractivity contribution in [2.75, 3.05) is 13.7 Å². The number of nitrogens with one attached hydrogen (secondary N) is 1. The van der Waals surface area contributed by atoms with E-state index in [4.69, 9.17) is 19.2 Å². The third-order valence-corrected chi connectivity index (χ3v) is 8.46. The van der Waals surface area contributed by atoms with Gasteiger partial charge in [0, 0.05) is 16.5 Å². The van der Waals surface area contributed by atoms with Crippen molar-refractivity contribution in [1.82, 2.24) is 9.55 Å². The first-order valence-electron chi connectivity index (χ1n) is 14.5. The Morgan fingerprint density at radius 3 is 2.48 bits per heavy atom. The number of aromatic amines is 1. The highest BCUT2D eigenvalue weighted by Crippen LogP contribution is 2.34. The number of H-pyrrole nitrogens is 1. The van der Waals surface area contributed by atoms with E-state index in [0.29, 0.717) is 38.7 Å². The standard InChI is InChI=1S/C35H33N3O5S/c1-6-42-24-14-12-23(13-15-24)32-30(34(40)43-20(2)3)21(4)36-35-38(32)33(39)29(44-35)19-27-26-18-25(41-5)16-17-28(26)37-31(27)22-10-8-7-9-11-22/h7-20,32,37H,6H2,1-5H3/b29-19+/t32-/m1/s1. The molecular formula is C35H33N3O5S. The van der Waals surface area contributed by atoms with Crippen molar-refractivity contribution in [3.63, 3.8) is 0 Å². The Hall–Kier alpha value is -4.89. The van der Waals surface area contributed by atoms with Crippen LogP contribution in [-0.4, -0.2) is 35.3 Å². The van der Waals surface area contributed by atoms with E-state index in [0.717, 1.165) is 33.3 Å². The molecule has 1 N–H and O–H groups in total. The highest BCUT2D eigenvalue weighted by molar-refractivity contribution is 7.07. The number of esters is 1. The molecule has 1 aliphatic rings. The summed E-state index contributed by atoms with van der Waals surface area (Å²) in [5, 5.41) is 0.925. The van der Waals surface area contributed by atoms with Crippen molar-refractivity contribution in [1.29, 1.82) is 0 Å². The molecule has 0 radical (unpaired) electrons. The second kappa shape index (κ2) is 12.0. The van der Waals surface area contributed by atoms with E-state index in [9.17, 15) is 9.59 Å². The van der Waals surface area contributed by atoms with Crippen LogP contribution >= 0.6 is 11.3 Å². The van der Waals surface area contributed by atoms with E-state index in [1.165, 1.54) is 11.3 Å². The molecule has 6 rings (SSSR count). The zero-order valence-corrected chi connectivity index (χ0v) is 26.0. The topological polar surface area (TPSA) is 94.9 Å². The van der Waals surface area contributed by atoms with Gasteiger partial charge in [-0.1, -0.05) is 53.8 Å². The summed E-state index contributed by atoms with van der Waals surface area (Å²) in [6.45, 7) is 7.84. The van der Waals surface area contributed by atoms with E-state index in [2.05, 4.69) is 4.98 Å². The lowest BCUT2D eigenvalue weighted by Crippen LogP contribution is -2.40. The molecule has 224 valence electrons. The van der Waals surface area contributed by atoms with Gasteiger partial charge in [-0.05, 0) is 75.2 Å².